The molecular formula is C16H31NO. The van der Waals surface area contributed by atoms with Crippen LogP contribution in [-0.4, -0.2) is 24.8 Å². The third-order valence-electron chi connectivity index (χ3n) is 5.11. The normalized spacial score (nSPS) is 27.8. The molecule has 0 amide bonds. The van der Waals surface area contributed by atoms with Crippen molar-refractivity contribution >= 4 is 0 Å². The van der Waals surface area contributed by atoms with Crippen molar-refractivity contribution in [3.05, 3.63) is 0 Å². The molecule has 1 atom stereocenters. The maximum absolute atomic E-state index is 6.16. The van der Waals surface area contributed by atoms with E-state index in [1.807, 2.05) is 0 Å². The summed E-state index contributed by atoms with van der Waals surface area (Å²) in [6, 6.07) is 0.706. The van der Waals surface area contributed by atoms with E-state index in [1.165, 1.54) is 64.3 Å². The van der Waals surface area contributed by atoms with Crippen molar-refractivity contribution in [1.82, 2.24) is 5.32 Å². The predicted molar refractivity (Wildman–Crippen MR) is 76.9 cm³/mol. The van der Waals surface area contributed by atoms with Crippen molar-refractivity contribution in [2.24, 2.45) is 5.92 Å². The first-order valence-electron chi connectivity index (χ1n) is 8.15. The zero-order chi connectivity index (χ0) is 12.8. The van der Waals surface area contributed by atoms with E-state index in [9.17, 15) is 0 Å². The minimum atomic E-state index is 0.252. The fraction of sp³-hybridized carbons (Fsp3) is 1.00. The van der Waals surface area contributed by atoms with Crippen LogP contribution in [0.3, 0.4) is 0 Å². The Morgan fingerprint density at radius 2 is 1.89 bits per heavy atom. The average molecular weight is 253 g/mol. The molecule has 1 heterocycles. The van der Waals surface area contributed by atoms with Crippen molar-refractivity contribution in [3.63, 3.8) is 0 Å². The first-order valence-corrected chi connectivity index (χ1v) is 8.15. The maximum atomic E-state index is 6.16. The fourth-order valence-electron chi connectivity index (χ4n) is 3.66. The van der Waals surface area contributed by atoms with Crippen LogP contribution >= 0.6 is 0 Å². The molecule has 1 saturated carbocycles. The second kappa shape index (κ2) is 6.91. The van der Waals surface area contributed by atoms with Gasteiger partial charge in [0.1, 0.15) is 0 Å². The number of hydrogen-bond donors (Lipinski definition) is 1. The Bertz CT molecular complexity index is 226. The largest absolute Gasteiger partial charge is 0.375 e. The molecule has 0 aromatic carbocycles. The van der Waals surface area contributed by atoms with E-state index in [-0.39, 0.29) is 5.60 Å². The van der Waals surface area contributed by atoms with Gasteiger partial charge in [-0.25, -0.2) is 0 Å². The van der Waals surface area contributed by atoms with Crippen LogP contribution in [0.1, 0.15) is 71.6 Å². The highest BCUT2D eigenvalue weighted by molar-refractivity contribution is 4.92. The zero-order valence-corrected chi connectivity index (χ0v) is 12.3. The number of rotatable bonds is 5. The van der Waals surface area contributed by atoms with Crippen molar-refractivity contribution in [1.29, 1.82) is 0 Å². The average Bonchev–Trinajstić information content (AvgIpc) is 2.41. The summed E-state index contributed by atoms with van der Waals surface area (Å²) in [6.45, 7) is 6.79. The molecule has 0 radical (unpaired) electrons. The molecule has 0 aromatic heterocycles. The predicted octanol–water partition coefficient (Wildman–Crippen LogP) is 3.89. The standard InChI is InChI=1S/C16H31NO/c1-3-14(4-2)13-17-15-8-11-18-16(12-15)9-6-5-7-10-16/h14-15,17H,3-13H2,1-2H3. The molecule has 2 aliphatic rings. The molecule has 0 aromatic rings. The van der Waals surface area contributed by atoms with Gasteiger partial charge in [0.05, 0.1) is 5.60 Å². The van der Waals surface area contributed by atoms with Gasteiger partial charge < -0.3 is 10.1 Å². The lowest BCUT2D eigenvalue weighted by atomic mass is 9.78. The minimum absolute atomic E-state index is 0.252. The van der Waals surface area contributed by atoms with Crippen LogP contribution in [-0.2, 0) is 4.74 Å². The van der Waals surface area contributed by atoms with Crippen LogP contribution < -0.4 is 5.32 Å². The van der Waals surface area contributed by atoms with Gasteiger partial charge in [-0.3, -0.25) is 0 Å². The Labute approximate surface area is 113 Å². The first-order chi connectivity index (χ1) is 8.78. The van der Waals surface area contributed by atoms with Crippen LogP contribution in [0.25, 0.3) is 0 Å². The number of ether oxygens (including phenoxy) is 1. The summed E-state index contributed by atoms with van der Waals surface area (Å²) < 4.78 is 6.16. The first kappa shape index (κ1) is 14.3. The molecular weight excluding hydrogens is 222 g/mol. The van der Waals surface area contributed by atoms with Gasteiger partial charge in [-0.2, -0.15) is 0 Å². The summed E-state index contributed by atoms with van der Waals surface area (Å²) in [7, 11) is 0. The molecule has 1 aliphatic heterocycles. The number of nitrogens with one attached hydrogen (secondary N) is 1. The zero-order valence-electron chi connectivity index (χ0n) is 12.3. The Hall–Kier alpha value is -0.0800. The Morgan fingerprint density at radius 1 is 1.17 bits per heavy atom. The SMILES string of the molecule is CCC(CC)CNC1CCOC2(CCCCC2)C1. The van der Waals surface area contributed by atoms with Gasteiger partial charge in [-0.1, -0.05) is 46.0 Å². The molecule has 18 heavy (non-hydrogen) atoms. The fourth-order valence-corrected chi connectivity index (χ4v) is 3.66. The smallest absolute Gasteiger partial charge is 0.0697 e. The number of hydrogen-bond acceptors (Lipinski definition) is 2. The van der Waals surface area contributed by atoms with Crippen LogP contribution in [0.5, 0.6) is 0 Å². The van der Waals surface area contributed by atoms with E-state index in [4.69, 9.17) is 4.74 Å². The van der Waals surface area contributed by atoms with Crippen LogP contribution in [0.4, 0.5) is 0 Å². The second-order valence-electron chi connectivity index (χ2n) is 6.37. The highest BCUT2D eigenvalue weighted by atomic mass is 16.5. The van der Waals surface area contributed by atoms with Gasteiger partial charge in [-0.15, -0.1) is 0 Å². The summed E-state index contributed by atoms with van der Waals surface area (Å²) in [5, 5.41) is 3.82. The van der Waals surface area contributed by atoms with E-state index in [0.29, 0.717) is 6.04 Å². The van der Waals surface area contributed by atoms with Crippen molar-refractivity contribution in [3.8, 4) is 0 Å². The van der Waals surface area contributed by atoms with E-state index in [2.05, 4.69) is 19.2 Å². The van der Waals surface area contributed by atoms with Gasteiger partial charge >= 0.3 is 0 Å². The summed E-state index contributed by atoms with van der Waals surface area (Å²) in [5.74, 6) is 0.857. The molecule has 106 valence electrons. The highest BCUT2D eigenvalue weighted by Gasteiger charge is 2.38. The molecule has 1 saturated heterocycles. The molecule has 2 heteroatoms. The molecule has 1 aliphatic carbocycles. The highest BCUT2D eigenvalue weighted by Crippen LogP contribution is 2.38. The van der Waals surface area contributed by atoms with Gasteiger partial charge in [0.15, 0.2) is 0 Å². The van der Waals surface area contributed by atoms with E-state index < -0.39 is 0 Å². The molecule has 1 spiro atoms. The molecule has 1 unspecified atom stereocenters. The van der Waals surface area contributed by atoms with Gasteiger partial charge in [0, 0.05) is 12.6 Å². The summed E-state index contributed by atoms with van der Waals surface area (Å²) in [4.78, 5) is 0. The van der Waals surface area contributed by atoms with Crippen molar-refractivity contribution in [2.45, 2.75) is 83.3 Å². The molecule has 1 N–H and O–H groups in total. The molecule has 2 rings (SSSR count). The monoisotopic (exact) mass is 253 g/mol. The third-order valence-corrected chi connectivity index (χ3v) is 5.11. The summed E-state index contributed by atoms with van der Waals surface area (Å²) in [5.41, 5.74) is 0.252. The van der Waals surface area contributed by atoms with E-state index in [1.54, 1.807) is 0 Å². The second-order valence-corrected chi connectivity index (χ2v) is 6.37. The Kier molecular flexibility index (Phi) is 5.50. The third kappa shape index (κ3) is 3.71. The van der Waals surface area contributed by atoms with Gasteiger partial charge in [-0.05, 0) is 38.1 Å². The molecule has 2 fully saturated rings. The Balaban J connectivity index is 1.79. The topological polar surface area (TPSA) is 21.3 Å². The maximum Gasteiger partial charge on any atom is 0.0697 e. The van der Waals surface area contributed by atoms with Gasteiger partial charge in [0.2, 0.25) is 0 Å². The van der Waals surface area contributed by atoms with Crippen LogP contribution in [0.15, 0.2) is 0 Å². The molecule has 0 bridgehead atoms. The summed E-state index contributed by atoms with van der Waals surface area (Å²) >= 11 is 0. The molecule has 2 nitrogen and oxygen atoms in total. The summed E-state index contributed by atoms with van der Waals surface area (Å²) in [6.07, 6.45) is 11.8. The Morgan fingerprint density at radius 3 is 2.56 bits per heavy atom. The van der Waals surface area contributed by atoms with E-state index >= 15 is 0 Å². The van der Waals surface area contributed by atoms with Crippen LogP contribution in [0.2, 0.25) is 0 Å². The van der Waals surface area contributed by atoms with Crippen molar-refractivity contribution in [2.75, 3.05) is 13.2 Å². The lowest BCUT2D eigenvalue weighted by Crippen LogP contribution is -2.48. The quantitative estimate of drug-likeness (QED) is 0.802. The van der Waals surface area contributed by atoms with Crippen LogP contribution in [0, 0.1) is 5.92 Å². The lowest BCUT2D eigenvalue weighted by Gasteiger charge is -2.44. The van der Waals surface area contributed by atoms with Gasteiger partial charge in [0.25, 0.3) is 0 Å². The van der Waals surface area contributed by atoms with E-state index in [0.717, 1.165) is 12.5 Å². The van der Waals surface area contributed by atoms with Crippen molar-refractivity contribution < 1.29 is 4.74 Å². The lowest BCUT2D eigenvalue weighted by molar-refractivity contribution is -0.109. The minimum Gasteiger partial charge on any atom is -0.375 e.